The van der Waals surface area contributed by atoms with E-state index in [-0.39, 0.29) is 5.92 Å². The zero-order valence-electron chi connectivity index (χ0n) is 10.3. The predicted octanol–water partition coefficient (Wildman–Crippen LogP) is 1.54. The van der Waals surface area contributed by atoms with Crippen LogP contribution in [0.25, 0.3) is 0 Å². The minimum Gasteiger partial charge on any atom is -0.369 e. The van der Waals surface area contributed by atoms with Gasteiger partial charge in [-0.15, -0.1) is 5.10 Å². The Bertz CT molecular complexity index is 439. The number of halogens is 3. The molecule has 0 saturated heterocycles. The van der Waals surface area contributed by atoms with Gasteiger partial charge in [-0.05, 0) is 12.8 Å². The highest BCUT2D eigenvalue weighted by atomic mass is 19.4. The maximum absolute atomic E-state index is 13.0. The molecule has 1 atom stereocenters. The van der Waals surface area contributed by atoms with E-state index in [1.54, 1.807) is 20.8 Å². The first-order chi connectivity index (χ1) is 8.14. The molecule has 1 unspecified atom stereocenters. The maximum atomic E-state index is 13.0. The van der Waals surface area contributed by atoms with Crippen LogP contribution in [0.2, 0.25) is 0 Å². The van der Waals surface area contributed by atoms with Crippen molar-refractivity contribution >= 4 is 5.91 Å². The SMILES string of the molecule is CC(C)C(C)n1nnc(CC(N)=O)c1C(F)(F)F. The molecule has 0 saturated carbocycles. The molecular weight excluding hydrogens is 249 g/mol. The van der Waals surface area contributed by atoms with Gasteiger partial charge in [-0.25, -0.2) is 4.68 Å². The van der Waals surface area contributed by atoms with E-state index in [0.29, 0.717) is 0 Å². The van der Waals surface area contributed by atoms with Crippen LogP contribution in [0.5, 0.6) is 0 Å². The van der Waals surface area contributed by atoms with Crippen LogP contribution in [0.3, 0.4) is 0 Å². The Balaban J connectivity index is 3.28. The lowest BCUT2D eigenvalue weighted by Crippen LogP contribution is -2.23. The van der Waals surface area contributed by atoms with Gasteiger partial charge in [-0.2, -0.15) is 13.2 Å². The fraction of sp³-hybridized carbons (Fsp3) is 0.700. The van der Waals surface area contributed by atoms with Crippen LogP contribution in [0.1, 0.15) is 38.2 Å². The summed E-state index contributed by atoms with van der Waals surface area (Å²) in [5.41, 5.74) is 3.47. The van der Waals surface area contributed by atoms with Gasteiger partial charge in [0.15, 0.2) is 5.69 Å². The van der Waals surface area contributed by atoms with Gasteiger partial charge >= 0.3 is 6.18 Å². The monoisotopic (exact) mass is 264 g/mol. The summed E-state index contributed by atoms with van der Waals surface area (Å²) in [4.78, 5) is 10.7. The normalized spacial score (nSPS) is 13.9. The van der Waals surface area contributed by atoms with Gasteiger partial charge in [0.2, 0.25) is 5.91 Å². The van der Waals surface area contributed by atoms with E-state index >= 15 is 0 Å². The third-order valence-electron chi connectivity index (χ3n) is 2.73. The van der Waals surface area contributed by atoms with Crippen molar-refractivity contribution in [2.75, 3.05) is 0 Å². The molecule has 5 nitrogen and oxygen atoms in total. The van der Waals surface area contributed by atoms with Gasteiger partial charge < -0.3 is 5.73 Å². The van der Waals surface area contributed by atoms with Crippen molar-refractivity contribution in [2.24, 2.45) is 11.7 Å². The summed E-state index contributed by atoms with van der Waals surface area (Å²) >= 11 is 0. The molecule has 0 bridgehead atoms. The molecule has 1 amide bonds. The summed E-state index contributed by atoms with van der Waals surface area (Å²) in [5.74, 6) is -0.918. The van der Waals surface area contributed by atoms with Crippen LogP contribution in [-0.2, 0) is 17.4 Å². The second-order valence-corrected chi connectivity index (χ2v) is 4.45. The lowest BCUT2D eigenvalue weighted by molar-refractivity contribution is -0.145. The fourth-order valence-electron chi connectivity index (χ4n) is 1.47. The van der Waals surface area contributed by atoms with Crippen LogP contribution in [0.4, 0.5) is 13.2 Å². The summed E-state index contributed by atoms with van der Waals surface area (Å²) in [6.45, 7) is 5.17. The van der Waals surface area contributed by atoms with Gasteiger partial charge in [-0.3, -0.25) is 4.79 Å². The number of nitrogens with zero attached hydrogens (tertiary/aromatic N) is 3. The number of aromatic nitrogens is 3. The number of amides is 1. The Kier molecular flexibility index (Phi) is 3.98. The van der Waals surface area contributed by atoms with Crippen LogP contribution >= 0.6 is 0 Å². The zero-order valence-corrected chi connectivity index (χ0v) is 10.3. The van der Waals surface area contributed by atoms with E-state index in [1.165, 1.54) is 0 Å². The Morgan fingerprint density at radius 3 is 2.33 bits per heavy atom. The fourth-order valence-corrected chi connectivity index (χ4v) is 1.47. The number of nitrogens with two attached hydrogens (primary N) is 1. The predicted molar refractivity (Wildman–Crippen MR) is 57.5 cm³/mol. The first-order valence-electron chi connectivity index (χ1n) is 5.44. The minimum atomic E-state index is -4.61. The number of hydrogen-bond acceptors (Lipinski definition) is 3. The highest BCUT2D eigenvalue weighted by Gasteiger charge is 2.40. The van der Waals surface area contributed by atoms with Crippen molar-refractivity contribution in [3.05, 3.63) is 11.4 Å². The van der Waals surface area contributed by atoms with Gasteiger partial charge in [0, 0.05) is 0 Å². The molecule has 8 heteroatoms. The number of carbonyl (C=O) groups excluding carboxylic acids is 1. The van der Waals surface area contributed by atoms with Crippen LogP contribution < -0.4 is 5.73 Å². The molecule has 2 N–H and O–H groups in total. The molecule has 1 rings (SSSR count). The topological polar surface area (TPSA) is 73.8 Å². The average molecular weight is 264 g/mol. The van der Waals surface area contributed by atoms with Gasteiger partial charge in [0.05, 0.1) is 12.5 Å². The molecule has 0 fully saturated rings. The molecule has 1 aromatic heterocycles. The summed E-state index contributed by atoms with van der Waals surface area (Å²) in [6.07, 6.45) is -5.18. The third kappa shape index (κ3) is 2.99. The van der Waals surface area contributed by atoms with Gasteiger partial charge in [0.25, 0.3) is 0 Å². The number of primary amides is 1. The molecule has 102 valence electrons. The van der Waals surface area contributed by atoms with E-state index in [2.05, 4.69) is 10.3 Å². The second kappa shape index (κ2) is 4.95. The molecule has 0 aliphatic heterocycles. The Morgan fingerprint density at radius 1 is 1.39 bits per heavy atom. The lowest BCUT2D eigenvalue weighted by atomic mass is 10.1. The minimum absolute atomic E-state index is 0.0470. The molecule has 0 aromatic carbocycles. The summed E-state index contributed by atoms with van der Waals surface area (Å²) in [6, 6.07) is -0.476. The molecule has 1 heterocycles. The molecule has 0 aliphatic carbocycles. The van der Waals surface area contributed by atoms with Crippen molar-refractivity contribution in [3.63, 3.8) is 0 Å². The maximum Gasteiger partial charge on any atom is 0.434 e. The quantitative estimate of drug-likeness (QED) is 0.896. The van der Waals surface area contributed by atoms with Gasteiger partial charge in [0.1, 0.15) is 5.69 Å². The molecule has 1 aromatic rings. The van der Waals surface area contributed by atoms with Crippen LogP contribution in [0.15, 0.2) is 0 Å². The van der Waals surface area contributed by atoms with Crippen molar-refractivity contribution in [3.8, 4) is 0 Å². The first-order valence-corrected chi connectivity index (χ1v) is 5.44. The third-order valence-corrected chi connectivity index (χ3v) is 2.73. The number of carbonyl (C=O) groups is 1. The Hall–Kier alpha value is -1.60. The molecular formula is C10H15F3N4O. The standard InChI is InChI=1S/C10H15F3N4O/c1-5(2)6(3)17-9(10(11,12)13)7(15-16-17)4-8(14)18/h5-6H,4H2,1-3H3,(H2,14,18). The smallest absolute Gasteiger partial charge is 0.369 e. The first kappa shape index (κ1) is 14.5. The highest BCUT2D eigenvalue weighted by Crippen LogP contribution is 2.34. The zero-order chi connectivity index (χ0) is 14.1. The summed E-state index contributed by atoms with van der Waals surface area (Å²) < 4.78 is 39.7. The second-order valence-electron chi connectivity index (χ2n) is 4.45. The number of rotatable bonds is 4. The molecule has 0 spiro atoms. The summed E-state index contributed by atoms with van der Waals surface area (Å²) in [7, 11) is 0. The average Bonchev–Trinajstić information content (AvgIpc) is 2.58. The van der Waals surface area contributed by atoms with E-state index in [9.17, 15) is 18.0 Å². The molecule has 18 heavy (non-hydrogen) atoms. The molecule has 0 aliphatic rings. The van der Waals surface area contributed by atoms with Crippen LogP contribution in [-0.4, -0.2) is 20.9 Å². The van der Waals surface area contributed by atoms with Gasteiger partial charge in [-0.1, -0.05) is 19.1 Å². The Labute approximate surface area is 102 Å². The van der Waals surface area contributed by atoms with Crippen molar-refractivity contribution < 1.29 is 18.0 Å². The van der Waals surface area contributed by atoms with E-state index < -0.39 is 35.9 Å². The summed E-state index contributed by atoms with van der Waals surface area (Å²) in [5, 5.41) is 6.91. The number of alkyl halides is 3. The van der Waals surface area contributed by atoms with Crippen molar-refractivity contribution in [1.82, 2.24) is 15.0 Å². The van der Waals surface area contributed by atoms with E-state index in [1.807, 2.05) is 0 Å². The Morgan fingerprint density at radius 2 is 1.94 bits per heavy atom. The largest absolute Gasteiger partial charge is 0.434 e. The lowest BCUT2D eigenvalue weighted by Gasteiger charge is -2.19. The van der Waals surface area contributed by atoms with E-state index in [0.717, 1.165) is 4.68 Å². The van der Waals surface area contributed by atoms with E-state index in [4.69, 9.17) is 5.73 Å². The molecule has 0 radical (unpaired) electrons. The van der Waals surface area contributed by atoms with Crippen LogP contribution in [0, 0.1) is 5.92 Å². The number of hydrogen-bond donors (Lipinski definition) is 1. The van der Waals surface area contributed by atoms with Crippen molar-refractivity contribution in [1.29, 1.82) is 0 Å². The highest BCUT2D eigenvalue weighted by molar-refractivity contribution is 5.76. The van der Waals surface area contributed by atoms with Crippen molar-refractivity contribution in [2.45, 2.75) is 39.4 Å².